The van der Waals surface area contributed by atoms with Crippen LogP contribution in [0.25, 0.3) is 0 Å². The summed E-state index contributed by atoms with van der Waals surface area (Å²) in [5.74, 6) is 0.387. The molecule has 1 aliphatic carbocycles. The van der Waals surface area contributed by atoms with Gasteiger partial charge in [-0.2, -0.15) is 0 Å². The average Bonchev–Trinajstić information content (AvgIpc) is 3.36. The lowest BCUT2D eigenvalue weighted by Gasteiger charge is -2.42. The minimum absolute atomic E-state index is 0.0676. The molecule has 7 heteroatoms. The van der Waals surface area contributed by atoms with Gasteiger partial charge < -0.3 is 15.1 Å². The van der Waals surface area contributed by atoms with Gasteiger partial charge >= 0.3 is 0 Å². The van der Waals surface area contributed by atoms with E-state index in [2.05, 4.69) is 27.2 Å². The van der Waals surface area contributed by atoms with Crippen LogP contribution in [0.2, 0.25) is 0 Å². The van der Waals surface area contributed by atoms with Crippen LogP contribution in [0.5, 0.6) is 0 Å². The zero-order chi connectivity index (χ0) is 23.2. The predicted molar refractivity (Wildman–Crippen MR) is 134 cm³/mol. The van der Waals surface area contributed by atoms with Gasteiger partial charge in [-0.3, -0.25) is 9.69 Å². The van der Waals surface area contributed by atoms with E-state index in [1.54, 1.807) is 12.1 Å². The molecular weight excluding hydrogens is 435 g/mol. The quantitative estimate of drug-likeness (QED) is 0.638. The van der Waals surface area contributed by atoms with Gasteiger partial charge in [0, 0.05) is 45.5 Å². The second-order valence-corrected chi connectivity index (χ2v) is 9.52. The molecule has 2 aliphatic rings. The number of hydrogen-bond donors (Lipinski definition) is 1. The van der Waals surface area contributed by atoms with Gasteiger partial charge in [-0.1, -0.05) is 43.2 Å². The highest BCUT2D eigenvalue weighted by molar-refractivity contribution is 7.80. The first-order valence-electron chi connectivity index (χ1n) is 11.9. The van der Waals surface area contributed by atoms with Crippen molar-refractivity contribution in [2.45, 2.75) is 38.3 Å². The molecule has 1 heterocycles. The average molecular weight is 469 g/mol. The van der Waals surface area contributed by atoms with Crippen molar-refractivity contribution in [1.82, 2.24) is 14.7 Å². The Hall–Kier alpha value is -2.51. The van der Waals surface area contributed by atoms with Crippen molar-refractivity contribution in [1.29, 1.82) is 0 Å². The van der Waals surface area contributed by atoms with Crippen LogP contribution in [0.1, 0.15) is 31.2 Å². The summed E-state index contributed by atoms with van der Waals surface area (Å²) < 4.78 is 13.2. The van der Waals surface area contributed by atoms with Crippen molar-refractivity contribution in [3.8, 4) is 0 Å². The Morgan fingerprint density at radius 3 is 2.33 bits per heavy atom. The van der Waals surface area contributed by atoms with E-state index in [9.17, 15) is 9.18 Å². The molecule has 1 saturated heterocycles. The first kappa shape index (κ1) is 23.6. The van der Waals surface area contributed by atoms with Gasteiger partial charge in [-0.05, 0) is 60.8 Å². The van der Waals surface area contributed by atoms with E-state index in [-0.39, 0.29) is 17.8 Å². The first-order chi connectivity index (χ1) is 16.0. The summed E-state index contributed by atoms with van der Waals surface area (Å²) >= 11 is 5.59. The highest BCUT2D eigenvalue weighted by Crippen LogP contribution is 2.32. The van der Waals surface area contributed by atoms with Crippen LogP contribution in [-0.4, -0.2) is 65.0 Å². The highest BCUT2D eigenvalue weighted by atomic mass is 32.1. The predicted octanol–water partition coefficient (Wildman–Crippen LogP) is 4.36. The van der Waals surface area contributed by atoms with E-state index in [0.717, 1.165) is 50.3 Å². The SMILES string of the molecule is CN(Cc1ccccc1)C(=O)C(C1CCCC1)N1CCN(C(=S)Nc2ccc(F)cc2)CC1. The fourth-order valence-electron chi connectivity index (χ4n) is 5.03. The number of piperazine rings is 1. The molecule has 0 radical (unpaired) electrons. The molecule has 1 N–H and O–H groups in total. The molecule has 1 saturated carbocycles. The van der Waals surface area contributed by atoms with Gasteiger partial charge in [0.15, 0.2) is 5.11 Å². The molecule has 5 nitrogen and oxygen atoms in total. The van der Waals surface area contributed by atoms with Crippen LogP contribution in [-0.2, 0) is 11.3 Å². The maximum Gasteiger partial charge on any atom is 0.240 e. The molecule has 176 valence electrons. The summed E-state index contributed by atoms with van der Waals surface area (Å²) in [6.45, 7) is 3.78. The third-order valence-electron chi connectivity index (χ3n) is 6.83. The van der Waals surface area contributed by atoms with Crippen LogP contribution in [0, 0.1) is 11.7 Å². The zero-order valence-electron chi connectivity index (χ0n) is 19.3. The van der Waals surface area contributed by atoms with E-state index in [1.165, 1.54) is 25.0 Å². The minimum atomic E-state index is -0.264. The van der Waals surface area contributed by atoms with E-state index in [1.807, 2.05) is 30.1 Å². The molecule has 0 spiro atoms. The summed E-state index contributed by atoms with van der Waals surface area (Å²) in [5.41, 5.74) is 1.94. The van der Waals surface area contributed by atoms with E-state index < -0.39 is 0 Å². The Morgan fingerprint density at radius 2 is 1.70 bits per heavy atom. The second kappa shape index (κ2) is 11.1. The van der Waals surface area contributed by atoms with Crippen molar-refractivity contribution in [2.75, 3.05) is 38.5 Å². The standard InChI is InChI=1S/C26H33FN4OS/c1-29(19-20-7-3-2-4-8-20)25(32)24(21-9-5-6-10-21)30-15-17-31(18-16-30)26(33)28-23-13-11-22(27)12-14-23/h2-4,7-8,11-14,21,24H,5-6,9-10,15-19H2,1H3,(H,28,33). The molecule has 0 aromatic heterocycles. The number of carbonyl (C=O) groups is 1. The van der Waals surface area contributed by atoms with E-state index >= 15 is 0 Å². The fraction of sp³-hybridized carbons (Fsp3) is 0.462. The van der Waals surface area contributed by atoms with Gasteiger partial charge in [0.1, 0.15) is 5.82 Å². The summed E-state index contributed by atoms with van der Waals surface area (Å²) in [6.07, 6.45) is 4.67. The van der Waals surface area contributed by atoms with Crippen LogP contribution >= 0.6 is 12.2 Å². The smallest absolute Gasteiger partial charge is 0.240 e. The molecule has 2 fully saturated rings. The van der Waals surface area contributed by atoms with Crippen LogP contribution < -0.4 is 5.32 Å². The number of likely N-dealkylation sites (N-methyl/N-ethyl adjacent to an activating group) is 1. The topological polar surface area (TPSA) is 38.8 Å². The van der Waals surface area contributed by atoms with Gasteiger partial charge in [0.05, 0.1) is 6.04 Å². The molecule has 0 bridgehead atoms. The zero-order valence-corrected chi connectivity index (χ0v) is 20.1. The fourth-order valence-corrected chi connectivity index (χ4v) is 5.33. The summed E-state index contributed by atoms with van der Waals surface area (Å²) in [4.78, 5) is 20.0. The minimum Gasteiger partial charge on any atom is -0.346 e. The first-order valence-corrected chi connectivity index (χ1v) is 12.3. The second-order valence-electron chi connectivity index (χ2n) is 9.13. The van der Waals surface area contributed by atoms with Crippen LogP contribution in [0.4, 0.5) is 10.1 Å². The number of halogens is 1. The molecule has 1 amide bonds. The Morgan fingerprint density at radius 1 is 1.06 bits per heavy atom. The number of nitrogens with zero attached hydrogens (tertiary/aromatic N) is 3. The van der Waals surface area contributed by atoms with E-state index in [0.29, 0.717) is 17.6 Å². The lowest BCUT2D eigenvalue weighted by atomic mass is 9.94. The monoisotopic (exact) mass is 468 g/mol. The Balaban J connectivity index is 1.37. The molecule has 1 unspecified atom stereocenters. The number of amides is 1. The van der Waals surface area contributed by atoms with Crippen molar-refractivity contribution < 1.29 is 9.18 Å². The van der Waals surface area contributed by atoms with Crippen LogP contribution in [0.15, 0.2) is 54.6 Å². The lowest BCUT2D eigenvalue weighted by Crippen LogP contribution is -2.58. The molecule has 33 heavy (non-hydrogen) atoms. The maximum absolute atomic E-state index is 13.6. The molecule has 4 rings (SSSR count). The molecule has 1 atom stereocenters. The van der Waals surface area contributed by atoms with Crippen LogP contribution in [0.3, 0.4) is 0 Å². The lowest BCUT2D eigenvalue weighted by molar-refractivity contribution is -0.139. The summed E-state index contributed by atoms with van der Waals surface area (Å²) in [5, 5.41) is 3.85. The molecule has 2 aromatic carbocycles. The number of benzene rings is 2. The third kappa shape index (κ3) is 6.09. The largest absolute Gasteiger partial charge is 0.346 e. The van der Waals surface area contributed by atoms with Gasteiger partial charge in [-0.15, -0.1) is 0 Å². The normalized spacial score (nSPS) is 18.2. The van der Waals surface area contributed by atoms with Gasteiger partial charge in [0.2, 0.25) is 5.91 Å². The van der Waals surface area contributed by atoms with Crippen molar-refractivity contribution >= 4 is 28.9 Å². The van der Waals surface area contributed by atoms with Crippen molar-refractivity contribution in [2.24, 2.45) is 5.92 Å². The van der Waals surface area contributed by atoms with Gasteiger partial charge in [0.25, 0.3) is 0 Å². The molecule has 1 aliphatic heterocycles. The summed E-state index contributed by atoms with van der Waals surface area (Å²) in [6, 6.07) is 16.3. The third-order valence-corrected chi connectivity index (χ3v) is 7.19. The van der Waals surface area contributed by atoms with E-state index in [4.69, 9.17) is 12.2 Å². The highest BCUT2D eigenvalue weighted by Gasteiger charge is 2.38. The van der Waals surface area contributed by atoms with Crippen molar-refractivity contribution in [3.63, 3.8) is 0 Å². The Kier molecular flexibility index (Phi) is 7.93. The number of carbonyl (C=O) groups excluding carboxylic acids is 1. The maximum atomic E-state index is 13.6. The van der Waals surface area contributed by atoms with Crippen molar-refractivity contribution in [3.05, 3.63) is 66.0 Å². The number of thiocarbonyl (C=S) groups is 1. The number of rotatable bonds is 6. The molecule has 2 aromatic rings. The Labute approximate surface area is 201 Å². The molecular formula is C26H33FN4OS. The number of anilines is 1. The number of nitrogens with one attached hydrogen (secondary N) is 1. The Bertz CT molecular complexity index is 925. The van der Waals surface area contributed by atoms with Gasteiger partial charge in [-0.25, -0.2) is 4.39 Å². The summed E-state index contributed by atoms with van der Waals surface area (Å²) in [7, 11) is 1.93. The number of hydrogen-bond acceptors (Lipinski definition) is 3.